The molecule has 0 aromatic carbocycles. The van der Waals surface area contributed by atoms with Crippen LogP contribution in [-0.4, -0.2) is 32.2 Å². The van der Waals surface area contributed by atoms with Gasteiger partial charge in [0, 0.05) is 19.6 Å². The molecule has 3 N–H and O–H groups in total. The van der Waals surface area contributed by atoms with Crippen LogP contribution in [0.3, 0.4) is 0 Å². The molecule has 0 aromatic rings. The van der Waals surface area contributed by atoms with Crippen molar-refractivity contribution in [2.24, 2.45) is 11.7 Å². The van der Waals surface area contributed by atoms with Crippen molar-refractivity contribution in [1.29, 1.82) is 0 Å². The van der Waals surface area contributed by atoms with Gasteiger partial charge in [-0.1, -0.05) is 13.3 Å². The molecule has 0 aliphatic heterocycles. The highest BCUT2D eigenvalue weighted by Crippen LogP contribution is 2.08. The smallest absolute Gasteiger partial charge is 0.222 e. The number of hydrogen-bond acceptors (Lipinski definition) is 3. The number of nitrogens with two attached hydrogens (primary N) is 1. The standard InChI is InChI=1S/C12H26N2O2/c1-3-5-11(6-8-13)10-14-12(15)7-9-16-4-2/h11H,3-10,13H2,1-2H3,(H,14,15). The van der Waals surface area contributed by atoms with Crippen molar-refractivity contribution in [2.75, 3.05) is 26.3 Å². The number of carbonyl (C=O) groups excluding carboxylic acids is 1. The fourth-order valence-corrected chi connectivity index (χ4v) is 1.65. The summed E-state index contributed by atoms with van der Waals surface area (Å²) < 4.78 is 5.13. The van der Waals surface area contributed by atoms with Gasteiger partial charge >= 0.3 is 0 Å². The van der Waals surface area contributed by atoms with Crippen LogP contribution in [-0.2, 0) is 9.53 Å². The molecule has 16 heavy (non-hydrogen) atoms. The molecule has 0 spiro atoms. The van der Waals surface area contributed by atoms with Crippen LogP contribution in [0.25, 0.3) is 0 Å². The first-order valence-corrected chi connectivity index (χ1v) is 6.29. The molecule has 4 heteroatoms. The zero-order valence-electron chi connectivity index (χ0n) is 10.6. The van der Waals surface area contributed by atoms with Crippen LogP contribution in [0.15, 0.2) is 0 Å². The van der Waals surface area contributed by atoms with Crippen molar-refractivity contribution in [3.8, 4) is 0 Å². The van der Waals surface area contributed by atoms with Crippen LogP contribution in [0, 0.1) is 5.92 Å². The van der Waals surface area contributed by atoms with Gasteiger partial charge in [-0.25, -0.2) is 0 Å². The van der Waals surface area contributed by atoms with E-state index in [-0.39, 0.29) is 5.91 Å². The normalized spacial score (nSPS) is 12.4. The minimum atomic E-state index is 0.0755. The van der Waals surface area contributed by atoms with Gasteiger partial charge in [0.25, 0.3) is 0 Å². The molecule has 0 aliphatic rings. The predicted molar refractivity (Wildman–Crippen MR) is 66.2 cm³/mol. The summed E-state index contributed by atoms with van der Waals surface area (Å²) in [7, 11) is 0. The lowest BCUT2D eigenvalue weighted by Gasteiger charge is -2.15. The number of rotatable bonds is 10. The largest absolute Gasteiger partial charge is 0.381 e. The van der Waals surface area contributed by atoms with E-state index in [4.69, 9.17) is 10.5 Å². The SMILES string of the molecule is CCCC(CCN)CNC(=O)CCOCC. The lowest BCUT2D eigenvalue weighted by Crippen LogP contribution is -2.30. The first-order chi connectivity index (χ1) is 7.74. The highest BCUT2D eigenvalue weighted by Gasteiger charge is 2.08. The molecule has 0 saturated heterocycles. The predicted octanol–water partition coefficient (Wildman–Crippen LogP) is 1.29. The molecule has 0 radical (unpaired) electrons. The Labute approximate surface area is 98.9 Å². The van der Waals surface area contributed by atoms with Crippen LogP contribution >= 0.6 is 0 Å². The van der Waals surface area contributed by atoms with E-state index in [1.165, 1.54) is 0 Å². The molecule has 0 aliphatic carbocycles. The van der Waals surface area contributed by atoms with Crippen molar-refractivity contribution in [3.63, 3.8) is 0 Å². The van der Waals surface area contributed by atoms with Crippen molar-refractivity contribution in [3.05, 3.63) is 0 Å². The molecule has 4 nitrogen and oxygen atoms in total. The van der Waals surface area contributed by atoms with Gasteiger partial charge in [-0.15, -0.1) is 0 Å². The molecule has 1 atom stereocenters. The molecule has 1 amide bonds. The number of nitrogens with one attached hydrogen (secondary N) is 1. The summed E-state index contributed by atoms with van der Waals surface area (Å²) in [4.78, 5) is 11.4. The Bertz CT molecular complexity index is 168. The number of amides is 1. The summed E-state index contributed by atoms with van der Waals surface area (Å²) in [5, 5.41) is 2.94. The highest BCUT2D eigenvalue weighted by atomic mass is 16.5. The molecular weight excluding hydrogens is 204 g/mol. The third-order valence-corrected chi connectivity index (χ3v) is 2.54. The van der Waals surface area contributed by atoms with E-state index in [1.54, 1.807) is 0 Å². The number of ether oxygens (including phenoxy) is 1. The second kappa shape index (κ2) is 10.9. The first-order valence-electron chi connectivity index (χ1n) is 6.29. The summed E-state index contributed by atoms with van der Waals surface area (Å²) in [5.41, 5.74) is 5.53. The maximum Gasteiger partial charge on any atom is 0.222 e. The third-order valence-electron chi connectivity index (χ3n) is 2.54. The fraction of sp³-hybridized carbons (Fsp3) is 0.917. The van der Waals surface area contributed by atoms with Crippen LogP contribution in [0.4, 0.5) is 0 Å². The Balaban J connectivity index is 3.60. The van der Waals surface area contributed by atoms with Gasteiger partial charge in [0.05, 0.1) is 6.61 Å². The van der Waals surface area contributed by atoms with Crippen molar-refractivity contribution >= 4 is 5.91 Å². The average Bonchev–Trinajstić information content (AvgIpc) is 2.27. The average molecular weight is 230 g/mol. The second-order valence-corrected chi connectivity index (χ2v) is 3.98. The zero-order valence-corrected chi connectivity index (χ0v) is 10.6. The lowest BCUT2D eigenvalue weighted by atomic mass is 10.00. The Morgan fingerprint density at radius 1 is 1.38 bits per heavy atom. The van der Waals surface area contributed by atoms with Crippen molar-refractivity contribution in [1.82, 2.24) is 5.32 Å². The molecule has 0 rings (SSSR count). The Morgan fingerprint density at radius 3 is 2.69 bits per heavy atom. The minimum absolute atomic E-state index is 0.0755. The van der Waals surface area contributed by atoms with E-state index in [2.05, 4.69) is 12.2 Å². The molecule has 0 aromatic heterocycles. The number of carbonyl (C=O) groups is 1. The first kappa shape index (κ1) is 15.4. The van der Waals surface area contributed by atoms with E-state index in [9.17, 15) is 4.79 Å². The van der Waals surface area contributed by atoms with E-state index < -0.39 is 0 Å². The van der Waals surface area contributed by atoms with Gasteiger partial charge < -0.3 is 15.8 Å². The maximum absolute atomic E-state index is 11.4. The van der Waals surface area contributed by atoms with E-state index in [1.807, 2.05) is 6.92 Å². The molecule has 0 heterocycles. The summed E-state index contributed by atoms with van der Waals surface area (Å²) >= 11 is 0. The second-order valence-electron chi connectivity index (χ2n) is 3.98. The molecule has 0 saturated carbocycles. The molecule has 96 valence electrons. The van der Waals surface area contributed by atoms with Gasteiger partial charge in [0.2, 0.25) is 5.91 Å². The molecular formula is C12H26N2O2. The lowest BCUT2D eigenvalue weighted by molar-refractivity contribution is -0.122. The van der Waals surface area contributed by atoms with E-state index >= 15 is 0 Å². The Morgan fingerprint density at radius 2 is 2.12 bits per heavy atom. The fourth-order valence-electron chi connectivity index (χ4n) is 1.65. The van der Waals surface area contributed by atoms with E-state index in [0.29, 0.717) is 32.1 Å². The quantitative estimate of drug-likeness (QED) is 0.556. The topological polar surface area (TPSA) is 64.3 Å². The summed E-state index contributed by atoms with van der Waals surface area (Å²) in [6, 6.07) is 0. The zero-order chi connectivity index (χ0) is 12.2. The van der Waals surface area contributed by atoms with E-state index in [0.717, 1.165) is 25.8 Å². The number of hydrogen-bond donors (Lipinski definition) is 2. The van der Waals surface area contributed by atoms with Crippen molar-refractivity contribution < 1.29 is 9.53 Å². The van der Waals surface area contributed by atoms with Crippen LogP contribution in [0.2, 0.25) is 0 Å². The molecule has 1 unspecified atom stereocenters. The van der Waals surface area contributed by atoms with Crippen LogP contribution < -0.4 is 11.1 Å². The van der Waals surface area contributed by atoms with Gasteiger partial charge in [0.15, 0.2) is 0 Å². The summed E-state index contributed by atoms with van der Waals surface area (Å²) in [6.45, 7) is 6.70. The van der Waals surface area contributed by atoms with Crippen LogP contribution in [0.5, 0.6) is 0 Å². The van der Waals surface area contributed by atoms with Crippen LogP contribution in [0.1, 0.15) is 39.5 Å². The maximum atomic E-state index is 11.4. The third kappa shape index (κ3) is 8.68. The van der Waals surface area contributed by atoms with Gasteiger partial charge in [-0.05, 0) is 32.2 Å². The van der Waals surface area contributed by atoms with Gasteiger partial charge in [-0.3, -0.25) is 4.79 Å². The van der Waals surface area contributed by atoms with Gasteiger partial charge in [-0.2, -0.15) is 0 Å². The monoisotopic (exact) mass is 230 g/mol. The Kier molecular flexibility index (Phi) is 10.5. The minimum Gasteiger partial charge on any atom is -0.381 e. The summed E-state index contributed by atoms with van der Waals surface area (Å²) in [6.07, 6.45) is 3.71. The van der Waals surface area contributed by atoms with Crippen molar-refractivity contribution in [2.45, 2.75) is 39.5 Å². The summed E-state index contributed by atoms with van der Waals surface area (Å²) in [5.74, 6) is 0.595. The highest BCUT2D eigenvalue weighted by molar-refractivity contribution is 5.75. The molecule has 0 fully saturated rings. The molecule has 0 bridgehead atoms. The Hall–Kier alpha value is -0.610. The van der Waals surface area contributed by atoms with Gasteiger partial charge in [0.1, 0.15) is 0 Å².